The van der Waals surface area contributed by atoms with Crippen molar-refractivity contribution < 1.29 is 14.3 Å². The summed E-state index contributed by atoms with van der Waals surface area (Å²) in [6.45, 7) is 5.92. The van der Waals surface area contributed by atoms with Crippen LogP contribution in [0, 0.1) is 0 Å². The molecule has 0 aromatic carbocycles. The van der Waals surface area contributed by atoms with Gasteiger partial charge in [0.1, 0.15) is 12.6 Å². The summed E-state index contributed by atoms with van der Waals surface area (Å²) in [7, 11) is 0. The Hall–Kier alpha value is -1.36. The Morgan fingerprint density at radius 3 is 2.58 bits per heavy atom. The first-order valence-electron chi connectivity index (χ1n) is 6.89. The van der Waals surface area contributed by atoms with Crippen molar-refractivity contribution in [1.29, 1.82) is 0 Å². The van der Waals surface area contributed by atoms with Gasteiger partial charge in [-0.1, -0.05) is 25.3 Å². The molecule has 0 heterocycles. The number of carbonyl (C=O) groups is 2. The first-order chi connectivity index (χ1) is 9.11. The van der Waals surface area contributed by atoms with Gasteiger partial charge in [-0.3, -0.25) is 9.59 Å². The maximum atomic E-state index is 11.4. The number of nitrogens with two attached hydrogens (primary N) is 1. The predicted molar refractivity (Wildman–Crippen MR) is 75.5 cm³/mol. The number of ether oxygens (including phenoxy) is 1. The van der Waals surface area contributed by atoms with Crippen LogP contribution in [-0.2, 0) is 14.3 Å². The van der Waals surface area contributed by atoms with Crippen LogP contribution in [0.5, 0.6) is 0 Å². The molecule has 0 unspecified atom stereocenters. The summed E-state index contributed by atoms with van der Waals surface area (Å²) in [5.74, 6) is -0.784. The fourth-order valence-corrected chi connectivity index (χ4v) is 1.71. The lowest BCUT2D eigenvalue weighted by molar-refractivity contribution is -0.130. The lowest BCUT2D eigenvalue weighted by Gasteiger charge is -2.15. The van der Waals surface area contributed by atoms with Crippen LogP contribution in [0.25, 0.3) is 0 Å². The van der Waals surface area contributed by atoms with Crippen LogP contribution in [0.1, 0.15) is 45.4 Å². The van der Waals surface area contributed by atoms with E-state index < -0.39 is 11.9 Å². The number of carbonyl (C=O) groups excluding carboxylic acids is 2. The van der Waals surface area contributed by atoms with Gasteiger partial charge in [0, 0.05) is 6.61 Å². The van der Waals surface area contributed by atoms with Crippen molar-refractivity contribution in [1.82, 2.24) is 5.32 Å². The predicted octanol–water partition coefficient (Wildman–Crippen LogP) is 1.52. The van der Waals surface area contributed by atoms with Crippen LogP contribution in [0.4, 0.5) is 0 Å². The topological polar surface area (TPSA) is 81.4 Å². The van der Waals surface area contributed by atoms with Crippen LogP contribution in [0.2, 0.25) is 0 Å². The molecule has 0 aromatic heterocycles. The van der Waals surface area contributed by atoms with Gasteiger partial charge in [0.25, 0.3) is 0 Å². The van der Waals surface area contributed by atoms with Crippen LogP contribution in [-0.4, -0.2) is 31.1 Å². The third-order valence-corrected chi connectivity index (χ3v) is 2.77. The minimum atomic E-state index is -0.590. The van der Waals surface area contributed by atoms with Gasteiger partial charge in [0.05, 0.1) is 0 Å². The number of hydrogen-bond acceptors (Lipinski definition) is 3. The van der Waals surface area contributed by atoms with E-state index in [0.29, 0.717) is 13.0 Å². The van der Waals surface area contributed by atoms with E-state index in [9.17, 15) is 9.59 Å². The number of nitrogens with one attached hydrogen (secondary N) is 1. The molecular weight excluding hydrogens is 244 g/mol. The first-order valence-corrected chi connectivity index (χ1v) is 6.89. The zero-order valence-electron chi connectivity index (χ0n) is 11.8. The van der Waals surface area contributed by atoms with Gasteiger partial charge in [0.15, 0.2) is 0 Å². The van der Waals surface area contributed by atoms with Gasteiger partial charge < -0.3 is 15.8 Å². The molecule has 19 heavy (non-hydrogen) atoms. The number of hydrogen-bond donors (Lipinski definition) is 2. The maximum Gasteiger partial charge on any atom is 0.246 e. The molecule has 0 radical (unpaired) electrons. The number of allylic oxidation sites excluding steroid dienone is 1. The number of rotatable bonds is 12. The second-order valence-corrected chi connectivity index (χ2v) is 4.44. The molecule has 110 valence electrons. The zero-order valence-corrected chi connectivity index (χ0v) is 11.8. The first kappa shape index (κ1) is 17.6. The fraction of sp³-hybridized carbons (Fsp3) is 0.714. The van der Waals surface area contributed by atoms with Crippen LogP contribution < -0.4 is 11.1 Å². The van der Waals surface area contributed by atoms with Crippen molar-refractivity contribution in [2.24, 2.45) is 5.73 Å². The summed E-state index contributed by atoms with van der Waals surface area (Å²) in [6, 6.07) is -0.590. The van der Waals surface area contributed by atoms with Crippen molar-refractivity contribution in [3.05, 3.63) is 12.7 Å². The monoisotopic (exact) mass is 270 g/mol. The Morgan fingerprint density at radius 2 is 2.00 bits per heavy atom. The second kappa shape index (κ2) is 11.7. The smallest absolute Gasteiger partial charge is 0.246 e. The Labute approximate surface area is 115 Å². The van der Waals surface area contributed by atoms with Crippen LogP contribution >= 0.6 is 0 Å². The summed E-state index contributed by atoms with van der Waals surface area (Å²) in [5.41, 5.74) is 5.27. The standard InChI is InChI=1S/C14H26N2O3/c1-3-5-6-7-8-9-10-12(14(15)18)16-13(17)11-19-4-2/h3,12H,1,4-11H2,2H3,(H2,15,18)(H,16,17)/t12-/m1/s1. The Bertz CT molecular complexity index is 280. The molecule has 0 fully saturated rings. The molecular formula is C14H26N2O3. The summed E-state index contributed by atoms with van der Waals surface area (Å²) in [4.78, 5) is 22.7. The van der Waals surface area contributed by atoms with Crippen molar-refractivity contribution in [3.8, 4) is 0 Å². The molecule has 0 aliphatic heterocycles. The van der Waals surface area contributed by atoms with Crippen molar-refractivity contribution in [2.45, 2.75) is 51.5 Å². The quantitative estimate of drug-likeness (QED) is 0.417. The van der Waals surface area contributed by atoms with E-state index in [1.807, 2.05) is 13.0 Å². The highest BCUT2D eigenvalue weighted by Crippen LogP contribution is 2.07. The number of unbranched alkanes of at least 4 members (excludes halogenated alkanes) is 4. The summed E-state index contributed by atoms with van der Waals surface area (Å²) in [6.07, 6.45) is 7.62. The fourth-order valence-electron chi connectivity index (χ4n) is 1.71. The highest BCUT2D eigenvalue weighted by Gasteiger charge is 2.17. The van der Waals surface area contributed by atoms with E-state index in [4.69, 9.17) is 10.5 Å². The minimum Gasteiger partial charge on any atom is -0.372 e. The summed E-state index contributed by atoms with van der Waals surface area (Å²) >= 11 is 0. The highest BCUT2D eigenvalue weighted by atomic mass is 16.5. The Kier molecular flexibility index (Phi) is 10.9. The molecule has 0 rings (SSSR count). The molecule has 2 amide bonds. The SMILES string of the molecule is C=CCCCCCC[C@@H](NC(=O)COCC)C(N)=O. The molecule has 3 N–H and O–H groups in total. The van der Waals surface area contributed by atoms with E-state index in [2.05, 4.69) is 11.9 Å². The van der Waals surface area contributed by atoms with Gasteiger partial charge in [0.2, 0.25) is 11.8 Å². The van der Waals surface area contributed by atoms with Crippen LogP contribution in [0.3, 0.4) is 0 Å². The van der Waals surface area contributed by atoms with E-state index in [0.717, 1.165) is 32.1 Å². The average molecular weight is 270 g/mol. The van der Waals surface area contributed by atoms with Gasteiger partial charge in [-0.05, 0) is 26.2 Å². The zero-order chi connectivity index (χ0) is 14.5. The van der Waals surface area contributed by atoms with E-state index in [1.54, 1.807) is 0 Å². The minimum absolute atomic E-state index is 0.0282. The molecule has 0 aliphatic carbocycles. The lowest BCUT2D eigenvalue weighted by Crippen LogP contribution is -2.45. The van der Waals surface area contributed by atoms with Gasteiger partial charge in [-0.25, -0.2) is 0 Å². The summed E-state index contributed by atoms with van der Waals surface area (Å²) < 4.78 is 4.97. The highest BCUT2D eigenvalue weighted by molar-refractivity contribution is 5.86. The maximum absolute atomic E-state index is 11.4. The molecule has 5 nitrogen and oxygen atoms in total. The molecule has 0 spiro atoms. The van der Waals surface area contributed by atoms with Crippen LogP contribution in [0.15, 0.2) is 12.7 Å². The number of primary amides is 1. The van der Waals surface area contributed by atoms with Crippen molar-refractivity contribution in [2.75, 3.05) is 13.2 Å². The molecule has 0 bridgehead atoms. The van der Waals surface area contributed by atoms with Crippen molar-refractivity contribution in [3.63, 3.8) is 0 Å². The van der Waals surface area contributed by atoms with Crippen molar-refractivity contribution >= 4 is 11.8 Å². The Balaban J connectivity index is 3.83. The van der Waals surface area contributed by atoms with E-state index in [-0.39, 0.29) is 12.5 Å². The van der Waals surface area contributed by atoms with E-state index >= 15 is 0 Å². The largest absolute Gasteiger partial charge is 0.372 e. The third kappa shape index (κ3) is 10.3. The van der Waals surface area contributed by atoms with E-state index in [1.165, 1.54) is 0 Å². The average Bonchev–Trinajstić information content (AvgIpc) is 2.38. The van der Waals surface area contributed by atoms with Gasteiger partial charge in [-0.2, -0.15) is 0 Å². The third-order valence-electron chi connectivity index (χ3n) is 2.77. The molecule has 0 saturated carbocycles. The normalized spacial score (nSPS) is 11.8. The molecule has 5 heteroatoms. The number of amides is 2. The molecule has 0 saturated heterocycles. The van der Waals surface area contributed by atoms with Gasteiger partial charge >= 0.3 is 0 Å². The lowest BCUT2D eigenvalue weighted by atomic mass is 10.1. The molecule has 0 aliphatic rings. The summed E-state index contributed by atoms with van der Waals surface area (Å²) in [5, 5.41) is 2.60. The molecule has 1 atom stereocenters. The Morgan fingerprint density at radius 1 is 1.32 bits per heavy atom. The van der Waals surface area contributed by atoms with Gasteiger partial charge in [-0.15, -0.1) is 6.58 Å². The second-order valence-electron chi connectivity index (χ2n) is 4.44. The molecule has 0 aromatic rings.